The minimum Gasteiger partial charge on any atom is -0.311 e. The maximum atomic E-state index is 3.89. The molecule has 0 aromatic carbocycles. The van der Waals surface area contributed by atoms with Crippen LogP contribution in [0.4, 0.5) is 0 Å². The number of rotatable bonds is 4. The lowest BCUT2D eigenvalue weighted by Gasteiger charge is -2.50. The van der Waals surface area contributed by atoms with E-state index in [0.717, 1.165) is 17.9 Å². The smallest absolute Gasteiger partial charge is 0.0304 e. The van der Waals surface area contributed by atoms with Crippen molar-refractivity contribution in [3.05, 3.63) is 0 Å². The maximum absolute atomic E-state index is 3.89. The molecule has 1 aliphatic heterocycles. The molecular formula is C17H34N2. The zero-order valence-corrected chi connectivity index (χ0v) is 13.5. The van der Waals surface area contributed by atoms with Gasteiger partial charge in [-0.2, -0.15) is 0 Å². The largest absolute Gasteiger partial charge is 0.311 e. The monoisotopic (exact) mass is 266 g/mol. The molecule has 1 heterocycles. The normalized spacial score (nSPS) is 34.9. The van der Waals surface area contributed by atoms with E-state index in [1.807, 2.05) is 0 Å². The highest BCUT2D eigenvalue weighted by molar-refractivity contribution is 4.97. The minimum absolute atomic E-state index is 0.370. The van der Waals surface area contributed by atoms with Crippen LogP contribution in [0.5, 0.6) is 0 Å². The fourth-order valence-electron chi connectivity index (χ4n) is 3.92. The van der Waals surface area contributed by atoms with E-state index in [1.54, 1.807) is 0 Å². The molecule has 2 unspecified atom stereocenters. The zero-order valence-electron chi connectivity index (χ0n) is 13.5. The molecule has 19 heavy (non-hydrogen) atoms. The van der Waals surface area contributed by atoms with E-state index in [4.69, 9.17) is 0 Å². The first-order valence-electron chi connectivity index (χ1n) is 8.53. The Hall–Kier alpha value is -0.0800. The average Bonchev–Trinajstić information content (AvgIpc) is 2.42. The van der Waals surface area contributed by atoms with Crippen molar-refractivity contribution in [2.75, 3.05) is 19.6 Å². The number of piperazine rings is 1. The van der Waals surface area contributed by atoms with E-state index in [0.29, 0.717) is 5.54 Å². The summed E-state index contributed by atoms with van der Waals surface area (Å²) >= 11 is 0. The molecular weight excluding hydrogens is 232 g/mol. The Labute approximate surface area is 120 Å². The average molecular weight is 266 g/mol. The molecule has 0 radical (unpaired) electrons. The van der Waals surface area contributed by atoms with Crippen molar-refractivity contribution in [3.63, 3.8) is 0 Å². The summed E-state index contributed by atoms with van der Waals surface area (Å²) in [5, 5.41) is 3.89. The number of nitrogens with zero attached hydrogens (tertiary/aromatic N) is 1. The van der Waals surface area contributed by atoms with E-state index < -0.39 is 0 Å². The molecule has 2 rings (SSSR count). The second kappa shape index (κ2) is 6.58. The first kappa shape index (κ1) is 15.3. The molecule has 0 spiro atoms. The van der Waals surface area contributed by atoms with Gasteiger partial charge in [0.1, 0.15) is 0 Å². The van der Waals surface area contributed by atoms with Crippen LogP contribution in [0, 0.1) is 11.8 Å². The van der Waals surface area contributed by atoms with Gasteiger partial charge in [0.05, 0.1) is 0 Å². The molecule has 0 bridgehead atoms. The summed E-state index contributed by atoms with van der Waals surface area (Å²) < 4.78 is 0. The number of hydrogen-bond donors (Lipinski definition) is 1. The van der Waals surface area contributed by atoms with Gasteiger partial charge in [-0.05, 0) is 38.0 Å². The van der Waals surface area contributed by atoms with E-state index >= 15 is 0 Å². The second-order valence-electron chi connectivity index (χ2n) is 7.53. The van der Waals surface area contributed by atoms with Crippen molar-refractivity contribution < 1.29 is 0 Å². The highest BCUT2D eigenvalue weighted by Crippen LogP contribution is 2.31. The van der Waals surface area contributed by atoms with E-state index in [-0.39, 0.29) is 0 Å². The van der Waals surface area contributed by atoms with E-state index in [1.165, 1.54) is 58.2 Å². The SMILES string of the molecule is CCC1(C)CNC(C2CCCCC2)CN1CC(C)C. The van der Waals surface area contributed by atoms with Crippen molar-refractivity contribution >= 4 is 0 Å². The Bertz CT molecular complexity index is 270. The highest BCUT2D eigenvalue weighted by Gasteiger charge is 2.38. The molecule has 1 saturated heterocycles. The zero-order chi connectivity index (χ0) is 13.9. The second-order valence-corrected chi connectivity index (χ2v) is 7.53. The van der Waals surface area contributed by atoms with Crippen molar-refractivity contribution in [2.45, 2.75) is 77.8 Å². The Kier molecular flexibility index (Phi) is 5.30. The molecule has 0 amide bonds. The number of nitrogens with one attached hydrogen (secondary N) is 1. The van der Waals surface area contributed by atoms with Gasteiger partial charge in [0, 0.05) is 31.2 Å². The van der Waals surface area contributed by atoms with Gasteiger partial charge < -0.3 is 5.32 Å². The van der Waals surface area contributed by atoms with Crippen molar-refractivity contribution in [3.8, 4) is 0 Å². The molecule has 1 saturated carbocycles. The Balaban J connectivity index is 1.99. The van der Waals surface area contributed by atoms with Gasteiger partial charge in [-0.15, -0.1) is 0 Å². The summed E-state index contributed by atoms with van der Waals surface area (Å²) in [7, 11) is 0. The quantitative estimate of drug-likeness (QED) is 0.835. The summed E-state index contributed by atoms with van der Waals surface area (Å²) in [4.78, 5) is 2.79. The van der Waals surface area contributed by atoms with Crippen molar-refractivity contribution in [1.82, 2.24) is 10.2 Å². The van der Waals surface area contributed by atoms with Crippen LogP contribution in [-0.4, -0.2) is 36.1 Å². The van der Waals surface area contributed by atoms with Gasteiger partial charge >= 0.3 is 0 Å². The van der Waals surface area contributed by atoms with Crippen LogP contribution in [0.25, 0.3) is 0 Å². The van der Waals surface area contributed by atoms with Crippen LogP contribution < -0.4 is 5.32 Å². The summed E-state index contributed by atoms with van der Waals surface area (Å²) in [6.45, 7) is 13.2. The van der Waals surface area contributed by atoms with Gasteiger partial charge in [-0.1, -0.05) is 40.0 Å². The fraction of sp³-hybridized carbons (Fsp3) is 1.00. The Morgan fingerprint density at radius 3 is 2.47 bits per heavy atom. The predicted molar refractivity (Wildman–Crippen MR) is 83.5 cm³/mol. The van der Waals surface area contributed by atoms with Gasteiger partial charge in [0.25, 0.3) is 0 Å². The Morgan fingerprint density at radius 2 is 1.89 bits per heavy atom. The number of hydrogen-bond acceptors (Lipinski definition) is 2. The summed E-state index contributed by atoms with van der Waals surface area (Å²) in [6, 6.07) is 0.749. The first-order valence-corrected chi connectivity index (χ1v) is 8.53. The maximum Gasteiger partial charge on any atom is 0.0304 e. The standard InChI is InChI=1S/C17H34N2/c1-5-17(4)13-18-16(12-19(17)11-14(2)3)15-9-7-6-8-10-15/h14-16,18H,5-13H2,1-4H3. The molecule has 112 valence electrons. The van der Waals surface area contributed by atoms with Gasteiger partial charge in [-0.25, -0.2) is 0 Å². The van der Waals surface area contributed by atoms with Crippen LogP contribution in [0.3, 0.4) is 0 Å². The first-order chi connectivity index (χ1) is 9.05. The van der Waals surface area contributed by atoms with Gasteiger partial charge in [-0.3, -0.25) is 4.90 Å². The molecule has 0 aromatic heterocycles. The third-order valence-electron chi connectivity index (χ3n) is 5.49. The van der Waals surface area contributed by atoms with E-state index in [2.05, 4.69) is 37.9 Å². The highest BCUT2D eigenvalue weighted by atomic mass is 15.3. The van der Waals surface area contributed by atoms with Crippen LogP contribution >= 0.6 is 0 Å². The lowest BCUT2D eigenvalue weighted by Crippen LogP contribution is -2.65. The molecule has 2 nitrogen and oxygen atoms in total. The van der Waals surface area contributed by atoms with Gasteiger partial charge in [0.15, 0.2) is 0 Å². The molecule has 2 heteroatoms. The van der Waals surface area contributed by atoms with Crippen molar-refractivity contribution in [2.24, 2.45) is 11.8 Å². The Morgan fingerprint density at radius 1 is 1.21 bits per heavy atom. The topological polar surface area (TPSA) is 15.3 Å². The summed E-state index contributed by atoms with van der Waals surface area (Å²) in [5.74, 6) is 1.71. The van der Waals surface area contributed by atoms with Gasteiger partial charge in [0.2, 0.25) is 0 Å². The molecule has 2 aliphatic rings. The molecule has 0 aromatic rings. The minimum atomic E-state index is 0.370. The van der Waals surface area contributed by atoms with Crippen LogP contribution in [-0.2, 0) is 0 Å². The molecule has 1 aliphatic carbocycles. The van der Waals surface area contributed by atoms with Crippen LogP contribution in [0.2, 0.25) is 0 Å². The lowest BCUT2D eigenvalue weighted by atomic mass is 9.80. The van der Waals surface area contributed by atoms with Crippen LogP contribution in [0.15, 0.2) is 0 Å². The summed E-state index contributed by atoms with van der Waals surface area (Å²) in [6.07, 6.45) is 8.54. The fourth-order valence-corrected chi connectivity index (χ4v) is 3.92. The van der Waals surface area contributed by atoms with Crippen LogP contribution in [0.1, 0.15) is 66.2 Å². The van der Waals surface area contributed by atoms with E-state index in [9.17, 15) is 0 Å². The summed E-state index contributed by atoms with van der Waals surface area (Å²) in [5.41, 5.74) is 0.370. The molecule has 1 N–H and O–H groups in total. The third kappa shape index (κ3) is 3.72. The molecule has 2 atom stereocenters. The third-order valence-corrected chi connectivity index (χ3v) is 5.49. The van der Waals surface area contributed by atoms with Crippen molar-refractivity contribution in [1.29, 1.82) is 0 Å². The molecule has 2 fully saturated rings. The lowest BCUT2D eigenvalue weighted by molar-refractivity contribution is 0.0210. The predicted octanol–water partition coefficient (Wildman–Crippen LogP) is 3.67.